The van der Waals surface area contributed by atoms with Gasteiger partial charge < -0.3 is 15.2 Å². The van der Waals surface area contributed by atoms with Crippen molar-refractivity contribution in [3.63, 3.8) is 0 Å². The Labute approximate surface area is 77.5 Å². The minimum atomic E-state index is 0.104. The van der Waals surface area contributed by atoms with Gasteiger partial charge in [0.2, 0.25) is 0 Å². The van der Waals surface area contributed by atoms with E-state index in [1.54, 1.807) is 0 Å². The molecule has 0 amide bonds. The minimum absolute atomic E-state index is 0.104. The van der Waals surface area contributed by atoms with Crippen LogP contribution in [0.1, 0.15) is 17.2 Å². The standard InChI is InChI=1S/C10H13NO2/c11-5-8-1-3-9(4-2-8)10-6-12-7-13-10/h1-4,10H,5-7,11H2. The van der Waals surface area contributed by atoms with E-state index in [9.17, 15) is 0 Å². The van der Waals surface area contributed by atoms with Crippen molar-refractivity contribution >= 4 is 0 Å². The molecule has 1 fully saturated rings. The lowest BCUT2D eigenvalue weighted by atomic mass is 10.1. The summed E-state index contributed by atoms with van der Waals surface area (Å²) in [7, 11) is 0. The largest absolute Gasteiger partial charge is 0.352 e. The predicted octanol–water partition coefficient (Wildman–Crippen LogP) is 1.19. The zero-order valence-electron chi connectivity index (χ0n) is 7.40. The Kier molecular flexibility index (Phi) is 2.59. The summed E-state index contributed by atoms with van der Waals surface area (Å²) in [6.45, 7) is 1.65. The first-order valence-corrected chi connectivity index (χ1v) is 4.38. The van der Waals surface area contributed by atoms with Gasteiger partial charge in [-0.3, -0.25) is 0 Å². The van der Waals surface area contributed by atoms with E-state index in [0.29, 0.717) is 19.9 Å². The van der Waals surface area contributed by atoms with Gasteiger partial charge in [-0.05, 0) is 11.1 Å². The van der Waals surface area contributed by atoms with Gasteiger partial charge in [0, 0.05) is 6.54 Å². The quantitative estimate of drug-likeness (QED) is 0.741. The molecule has 3 heteroatoms. The van der Waals surface area contributed by atoms with E-state index in [2.05, 4.69) is 0 Å². The molecule has 1 unspecified atom stereocenters. The summed E-state index contributed by atoms with van der Waals surface area (Å²) in [6, 6.07) is 8.14. The molecule has 0 aromatic heterocycles. The summed E-state index contributed by atoms with van der Waals surface area (Å²) in [4.78, 5) is 0. The van der Waals surface area contributed by atoms with Crippen molar-refractivity contribution in [3.05, 3.63) is 35.4 Å². The Hall–Kier alpha value is -0.900. The summed E-state index contributed by atoms with van der Waals surface area (Å²) < 4.78 is 10.5. The molecule has 2 rings (SSSR count). The second-order valence-corrected chi connectivity index (χ2v) is 3.09. The van der Waals surface area contributed by atoms with Gasteiger partial charge in [0.25, 0.3) is 0 Å². The molecule has 0 radical (unpaired) electrons. The molecule has 1 aromatic carbocycles. The lowest BCUT2D eigenvalue weighted by molar-refractivity contribution is 0.0466. The molecule has 0 bridgehead atoms. The molecule has 1 atom stereocenters. The van der Waals surface area contributed by atoms with Crippen LogP contribution in [0.5, 0.6) is 0 Å². The van der Waals surface area contributed by atoms with Crippen molar-refractivity contribution in [2.75, 3.05) is 13.4 Å². The van der Waals surface area contributed by atoms with Crippen LogP contribution in [0.15, 0.2) is 24.3 Å². The molecular formula is C10H13NO2. The number of hydrogen-bond donors (Lipinski definition) is 1. The van der Waals surface area contributed by atoms with Crippen LogP contribution in [0, 0.1) is 0 Å². The van der Waals surface area contributed by atoms with Crippen LogP contribution >= 0.6 is 0 Å². The molecule has 0 aliphatic carbocycles. The first-order valence-electron chi connectivity index (χ1n) is 4.38. The van der Waals surface area contributed by atoms with Gasteiger partial charge in [0.05, 0.1) is 6.61 Å². The van der Waals surface area contributed by atoms with E-state index < -0.39 is 0 Å². The van der Waals surface area contributed by atoms with Crippen LogP contribution in [-0.2, 0) is 16.0 Å². The van der Waals surface area contributed by atoms with Crippen molar-refractivity contribution in [3.8, 4) is 0 Å². The van der Waals surface area contributed by atoms with Crippen molar-refractivity contribution in [1.29, 1.82) is 0 Å². The minimum Gasteiger partial charge on any atom is -0.352 e. The molecule has 1 aliphatic rings. The third-order valence-electron chi connectivity index (χ3n) is 2.21. The highest BCUT2D eigenvalue weighted by Crippen LogP contribution is 2.22. The number of rotatable bonds is 2. The van der Waals surface area contributed by atoms with E-state index in [4.69, 9.17) is 15.2 Å². The Morgan fingerprint density at radius 2 is 2.08 bits per heavy atom. The Morgan fingerprint density at radius 3 is 2.62 bits per heavy atom. The van der Waals surface area contributed by atoms with Crippen LogP contribution in [0.2, 0.25) is 0 Å². The fourth-order valence-electron chi connectivity index (χ4n) is 1.39. The highest BCUT2D eigenvalue weighted by atomic mass is 16.7. The highest BCUT2D eigenvalue weighted by Gasteiger charge is 2.17. The number of ether oxygens (including phenoxy) is 2. The van der Waals surface area contributed by atoms with E-state index in [-0.39, 0.29) is 6.10 Å². The zero-order chi connectivity index (χ0) is 9.10. The van der Waals surface area contributed by atoms with Gasteiger partial charge in [-0.2, -0.15) is 0 Å². The summed E-state index contributed by atoms with van der Waals surface area (Å²) in [6.07, 6.45) is 0.104. The maximum absolute atomic E-state index is 5.50. The molecule has 2 N–H and O–H groups in total. The summed E-state index contributed by atoms with van der Waals surface area (Å²) in [5.74, 6) is 0. The monoisotopic (exact) mass is 179 g/mol. The van der Waals surface area contributed by atoms with Gasteiger partial charge in [-0.15, -0.1) is 0 Å². The van der Waals surface area contributed by atoms with Crippen LogP contribution in [0.3, 0.4) is 0 Å². The number of nitrogens with two attached hydrogens (primary N) is 1. The average molecular weight is 179 g/mol. The molecule has 70 valence electrons. The predicted molar refractivity (Wildman–Crippen MR) is 49.0 cm³/mol. The molecular weight excluding hydrogens is 166 g/mol. The van der Waals surface area contributed by atoms with E-state index in [0.717, 1.165) is 11.1 Å². The van der Waals surface area contributed by atoms with E-state index >= 15 is 0 Å². The summed E-state index contributed by atoms with van der Waals surface area (Å²) in [5, 5.41) is 0. The smallest absolute Gasteiger partial charge is 0.147 e. The van der Waals surface area contributed by atoms with Crippen LogP contribution < -0.4 is 5.73 Å². The van der Waals surface area contributed by atoms with Crippen molar-refractivity contribution in [2.24, 2.45) is 5.73 Å². The molecule has 1 aromatic rings. The van der Waals surface area contributed by atoms with Crippen LogP contribution in [0.4, 0.5) is 0 Å². The van der Waals surface area contributed by atoms with Crippen LogP contribution in [-0.4, -0.2) is 13.4 Å². The first kappa shape index (κ1) is 8.69. The highest BCUT2D eigenvalue weighted by molar-refractivity contribution is 5.24. The molecule has 3 nitrogen and oxygen atoms in total. The maximum atomic E-state index is 5.50. The Morgan fingerprint density at radius 1 is 1.31 bits per heavy atom. The maximum Gasteiger partial charge on any atom is 0.147 e. The zero-order valence-corrected chi connectivity index (χ0v) is 7.40. The van der Waals surface area contributed by atoms with Gasteiger partial charge in [0.1, 0.15) is 12.9 Å². The fraction of sp³-hybridized carbons (Fsp3) is 0.400. The summed E-state index contributed by atoms with van der Waals surface area (Å²) in [5.41, 5.74) is 7.80. The fourth-order valence-corrected chi connectivity index (χ4v) is 1.39. The van der Waals surface area contributed by atoms with Gasteiger partial charge in [0.15, 0.2) is 0 Å². The van der Waals surface area contributed by atoms with Crippen LogP contribution in [0.25, 0.3) is 0 Å². The average Bonchev–Trinajstić information content (AvgIpc) is 2.71. The van der Waals surface area contributed by atoms with Crippen molar-refractivity contribution in [2.45, 2.75) is 12.6 Å². The van der Waals surface area contributed by atoms with E-state index in [1.807, 2.05) is 24.3 Å². The third kappa shape index (κ3) is 1.88. The number of hydrogen-bond acceptors (Lipinski definition) is 3. The third-order valence-corrected chi connectivity index (χ3v) is 2.21. The Balaban J connectivity index is 2.12. The Bertz CT molecular complexity index is 265. The first-order chi connectivity index (χ1) is 6.40. The van der Waals surface area contributed by atoms with Gasteiger partial charge in [-0.25, -0.2) is 0 Å². The number of benzene rings is 1. The van der Waals surface area contributed by atoms with E-state index in [1.165, 1.54) is 0 Å². The molecule has 0 spiro atoms. The lowest BCUT2D eigenvalue weighted by Crippen LogP contribution is -2.01. The lowest BCUT2D eigenvalue weighted by Gasteiger charge is -2.07. The summed E-state index contributed by atoms with van der Waals surface area (Å²) >= 11 is 0. The SMILES string of the molecule is NCc1ccc(C2COCO2)cc1. The van der Waals surface area contributed by atoms with Gasteiger partial charge >= 0.3 is 0 Å². The normalized spacial score (nSPS) is 22.1. The topological polar surface area (TPSA) is 44.5 Å². The molecule has 1 saturated heterocycles. The van der Waals surface area contributed by atoms with Gasteiger partial charge in [-0.1, -0.05) is 24.3 Å². The molecule has 13 heavy (non-hydrogen) atoms. The second kappa shape index (κ2) is 3.87. The molecule has 1 aliphatic heterocycles. The second-order valence-electron chi connectivity index (χ2n) is 3.09. The molecule has 0 saturated carbocycles. The van der Waals surface area contributed by atoms with Crippen molar-refractivity contribution in [1.82, 2.24) is 0 Å². The molecule has 1 heterocycles. The van der Waals surface area contributed by atoms with Crippen molar-refractivity contribution < 1.29 is 9.47 Å².